The van der Waals surface area contributed by atoms with E-state index in [0.717, 1.165) is 12.4 Å². The zero-order valence-corrected chi connectivity index (χ0v) is 9.66. The fourth-order valence-electron chi connectivity index (χ4n) is 2.10. The van der Waals surface area contributed by atoms with Crippen molar-refractivity contribution in [3.8, 4) is 6.07 Å². The van der Waals surface area contributed by atoms with Gasteiger partial charge in [0.15, 0.2) is 0 Å². The Balaban J connectivity index is 1.92. The molecule has 0 radical (unpaired) electrons. The van der Waals surface area contributed by atoms with E-state index in [2.05, 4.69) is 23.3 Å². The molecule has 0 bridgehead atoms. The predicted octanol–water partition coefficient (Wildman–Crippen LogP) is 2.95. The third-order valence-corrected chi connectivity index (χ3v) is 3.27. The van der Waals surface area contributed by atoms with Crippen LogP contribution in [0.25, 0.3) is 0 Å². The lowest BCUT2D eigenvalue weighted by molar-refractivity contribution is 0.485. The minimum Gasteiger partial charge on any atom is -0.369 e. The summed E-state index contributed by atoms with van der Waals surface area (Å²) in [5, 5.41) is 12.1. The SMILES string of the molecule is CCCC1(CNc2cc(C#N)ccn2)CC1. The van der Waals surface area contributed by atoms with Gasteiger partial charge in [-0.3, -0.25) is 0 Å². The predicted molar refractivity (Wildman–Crippen MR) is 64.0 cm³/mol. The summed E-state index contributed by atoms with van der Waals surface area (Å²) in [6, 6.07) is 5.66. The van der Waals surface area contributed by atoms with Gasteiger partial charge in [-0.1, -0.05) is 13.3 Å². The van der Waals surface area contributed by atoms with E-state index >= 15 is 0 Å². The van der Waals surface area contributed by atoms with Gasteiger partial charge in [-0.05, 0) is 36.8 Å². The summed E-state index contributed by atoms with van der Waals surface area (Å²) in [6.45, 7) is 3.22. The van der Waals surface area contributed by atoms with Crippen LogP contribution in [-0.2, 0) is 0 Å². The molecule has 3 nitrogen and oxygen atoms in total. The molecule has 0 unspecified atom stereocenters. The second kappa shape index (κ2) is 4.52. The Hall–Kier alpha value is -1.56. The standard InChI is InChI=1S/C13H17N3/c1-2-4-13(5-6-13)10-16-12-8-11(9-14)3-7-15-12/h3,7-8H,2,4-6,10H2,1H3,(H,15,16). The Morgan fingerprint density at radius 1 is 1.56 bits per heavy atom. The Morgan fingerprint density at radius 3 is 3.00 bits per heavy atom. The van der Waals surface area contributed by atoms with Crippen LogP contribution in [0.5, 0.6) is 0 Å². The molecule has 1 aliphatic rings. The van der Waals surface area contributed by atoms with Crippen molar-refractivity contribution in [3.05, 3.63) is 23.9 Å². The lowest BCUT2D eigenvalue weighted by atomic mass is 10.0. The maximum Gasteiger partial charge on any atom is 0.127 e. The van der Waals surface area contributed by atoms with Crippen molar-refractivity contribution in [1.29, 1.82) is 5.26 Å². The third kappa shape index (κ3) is 2.52. The number of rotatable bonds is 5. The van der Waals surface area contributed by atoms with Crippen LogP contribution < -0.4 is 5.32 Å². The summed E-state index contributed by atoms with van der Waals surface area (Å²) in [5.74, 6) is 0.821. The zero-order chi connectivity index (χ0) is 11.4. The number of pyridine rings is 1. The molecule has 0 spiro atoms. The summed E-state index contributed by atoms with van der Waals surface area (Å²) in [4.78, 5) is 4.22. The summed E-state index contributed by atoms with van der Waals surface area (Å²) < 4.78 is 0. The van der Waals surface area contributed by atoms with Crippen LogP contribution in [-0.4, -0.2) is 11.5 Å². The van der Waals surface area contributed by atoms with Crippen molar-refractivity contribution in [1.82, 2.24) is 4.98 Å². The van der Waals surface area contributed by atoms with Gasteiger partial charge >= 0.3 is 0 Å². The smallest absolute Gasteiger partial charge is 0.127 e. The fraction of sp³-hybridized carbons (Fsp3) is 0.538. The van der Waals surface area contributed by atoms with E-state index in [9.17, 15) is 0 Å². The number of hydrogen-bond acceptors (Lipinski definition) is 3. The van der Waals surface area contributed by atoms with E-state index in [4.69, 9.17) is 5.26 Å². The molecule has 0 saturated heterocycles. The molecule has 2 rings (SSSR count). The van der Waals surface area contributed by atoms with Crippen molar-refractivity contribution in [2.24, 2.45) is 5.41 Å². The quantitative estimate of drug-likeness (QED) is 0.821. The van der Waals surface area contributed by atoms with Gasteiger partial charge in [-0.25, -0.2) is 4.98 Å². The van der Waals surface area contributed by atoms with Crippen LogP contribution in [0.15, 0.2) is 18.3 Å². The van der Waals surface area contributed by atoms with Crippen molar-refractivity contribution >= 4 is 5.82 Å². The number of nitrogens with zero attached hydrogens (tertiary/aromatic N) is 2. The van der Waals surface area contributed by atoms with Crippen molar-refractivity contribution in [2.75, 3.05) is 11.9 Å². The van der Waals surface area contributed by atoms with E-state index < -0.39 is 0 Å². The van der Waals surface area contributed by atoms with Crippen LogP contribution in [0.1, 0.15) is 38.2 Å². The number of nitriles is 1. The monoisotopic (exact) mass is 215 g/mol. The van der Waals surface area contributed by atoms with Crippen LogP contribution in [0, 0.1) is 16.7 Å². The largest absolute Gasteiger partial charge is 0.369 e. The van der Waals surface area contributed by atoms with Crippen LogP contribution >= 0.6 is 0 Å². The topological polar surface area (TPSA) is 48.7 Å². The van der Waals surface area contributed by atoms with Gasteiger partial charge < -0.3 is 5.32 Å². The highest BCUT2D eigenvalue weighted by atomic mass is 15.0. The highest BCUT2D eigenvalue weighted by Gasteiger charge is 2.41. The molecule has 16 heavy (non-hydrogen) atoms. The summed E-state index contributed by atoms with van der Waals surface area (Å²) in [7, 11) is 0. The minimum atomic E-state index is 0.513. The molecule has 1 aliphatic carbocycles. The number of anilines is 1. The van der Waals surface area contributed by atoms with E-state index in [1.807, 2.05) is 6.07 Å². The van der Waals surface area contributed by atoms with Crippen molar-refractivity contribution in [3.63, 3.8) is 0 Å². The van der Waals surface area contributed by atoms with E-state index in [1.54, 1.807) is 12.3 Å². The van der Waals surface area contributed by atoms with Crippen LogP contribution in [0.2, 0.25) is 0 Å². The average molecular weight is 215 g/mol. The van der Waals surface area contributed by atoms with Crippen molar-refractivity contribution in [2.45, 2.75) is 32.6 Å². The summed E-state index contributed by atoms with van der Waals surface area (Å²) >= 11 is 0. The van der Waals surface area contributed by atoms with E-state index in [1.165, 1.54) is 25.7 Å². The molecule has 1 fully saturated rings. The molecular formula is C13H17N3. The Morgan fingerprint density at radius 2 is 2.38 bits per heavy atom. The highest BCUT2D eigenvalue weighted by Crippen LogP contribution is 2.49. The zero-order valence-electron chi connectivity index (χ0n) is 9.66. The van der Waals surface area contributed by atoms with Gasteiger partial charge in [0, 0.05) is 12.7 Å². The van der Waals surface area contributed by atoms with Crippen LogP contribution in [0.3, 0.4) is 0 Å². The molecule has 0 aromatic carbocycles. The normalized spacial score (nSPS) is 16.5. The first kappa shape index (κ1) is 10.9. The maximum atomic E-state index is 8.78. The molecule has 0 amide bonds. The van der Waals surface area contributed by atoms with Crippen molar-refractivity contribution < 1.29 is 0 Å². The van der Waals surface area contributed by atoms with Gasteiger partial charge in [0.05, 0.1) is 11.6 Å². The Bertz CT molecular complexity index is 402. The molecule has 3 heteroatoms. The van der Waals surface area contributed by atoms with Gasteiger partial charge in [0.25, 0.3) is 0 Å². The lowest BCUT2D eigenvalue weighted by Crippen LogP contribution is -2.15. The first-order valence-corrected chi connectivity index (χ1v) is 5.88. The summed E-state index contributed by atoms with van der Waals surface area (Å²) in [5.41, 5.74) is 1.18. The second-order valence-corrected chi connectivity index (χ2v) is 4.65. The van der Waals surface area contributed by atoms with Gasteiger partial charge in [-0.15, -0.1) is 0 Å². The molecule has 1 aromatic heterocycles. The average Bonchev–Trinajstić information content (AvgIpc) is 3.08. The molecule has 84 valence electrons. The van der Waals surface area contributed by atoms with Gasteiger partial charge in [-0.2, -0.15) is 5.26 Å². The highest BCUT2D eigenvalue weighted by molar-refractivity contribution is 5.42. The summed E-state index contributed by atoms with van der Waals surface area (Å²) in [6.07, 6.45) is 6.86. The molecule has 1 saturated carbocycles. The Labute approximate surface area is 96.5 Å². The second-order valence-electron chi connectivity index (χ2n) is 4.65. The molecule has 1 N–H and O–H groups in total. The lowest BCUT2D eigenvalue weighted by Gasteiger charge is -2.15. The first-order valence-electron chi connectivity index (χ1n) is 5.88. The first-order chi connectivity index (χ1) is 7.78. The Kier molecular flexibility index (Phi) is 3.09. The van der Waals surface area contributed by atoms with Gasteiger partial charge in [0.2, 0.25) is 0 Å². The van der Waals surface area contributed by atoms with E-state index in [-0.39, 0.29) is 0 Å². The fourth-order valence-corrected chi connectivity index (χ4v) is 2.10. The minimum absolute atomic E-state index is 0.513. The number of aromatic nitrogens is 1. The molecule has 0 atom stereocenters. The molecule has 1 heterocycles. The molecule has 1 aromatic rings. The number of hydrogen-bond donors (Lipinski definition) is 1. The molecular weight excluding hydrogens is 198 g/mol. The van der Waals surface area contributed by atoms with E-state index in [0.29, 0.717) is 11.0 Å². The molecule has 0 aliphatic heterocycles. The maximum absolute atomic E-state index is 8.78. The van der Waals surface area contributed by atoms with Gasteiger partial charge in [0.1, 0.15) is 5.82 Å². The number of nitrogens with one attached hydrogen (secondary N) is 1. The third-order valence-electron chi connectivity index (χ3n) is 3.27. The van der Waals surface area contributed by atoms with Crippen LogP contribution in [0.4, 0.5) is 5.82 Å².